The zero-order chi connectivity index (χ0) is 14.1. The van der Waals surface area contributed by atoms with Crippen LogP contribution in [-0.2, 0) is 11.3 Å². The number of pyridine rings is 1. The van der Waals surface area contributed by atoms with Crippen molar-refractivity contribution in [3.05, 3.63) is 30.1 Å². The maximum Gasteiger partial charge on any atom is 0.220 e. The third-order valence-corrected chi connectivity index (χ3v) is 2.60. The van der Waals surface area contributed by atoms with Gasteiger partial charge in [0.2, 0.25) is 5.91 Å². The number of nitrogens with zero attached hydrogens (tertiary/aromatic N) is 1. The number of hydrogen-bond acceptors (Lipinski definition) is 3. The molecule has 2 N–H and O–H groups in total. The van der Waals surface area contributed by atoms with Crippen molar-refractivity contribution in [1.82, 2.24) is 15.6 Å². The molecule has 0 radical (unpaired) electrons. The first kappa shape index (κ1) is 15.6. The van der Waals surface area contributed by atoms with E-state index in [0.29, 0.717) is 6.42 Å². The van der Waals surface area contributed by atoms with Gasteiger partial charge in [-0.15, -0.1) is 0 Å². The first-order chi connectivity index (χ1) is 8.97. The minimum atomic E-state index is 0.0582. The van der Waals surface area contributed by atoms with Crippen molar-refractivity contribution in [1.29, 1.82) is 0 Å². The van der Waals surface area contributed by atoms with E-state index in [-0.39, 0.29) is 11.3 Å². The van der Waals surface area contributed by atoms with E-state index in [1.54, 1.807) is 6.20 Å². The van der Waals surface area contributed by atoms with Crippen LogP contribution in [0, 0.1) is 5.41 Å². The third kappa shape index (κ3) is 8.32. The summed E-state index contributed by atoms with van der Waals surface area (Å²) in [6, 6.07) is 3.98. The summed E-state index contributed by atoms with van der Waals surface area (Å²) in [5.41, 5.74) is 1.24. The molecule has 1 heterocycles. The number of carbonyl (C=O) groups is 1. The third-order valence-electron chi connectivity index (χ3n) is 2.60. The molecule has 0 saturated carbocycles. The molecule has 0 saturated heterocycles. The summed E-state index contributed by atoms with van der Waals surface area (Å²) >= 11 is 0. The molecule has 106 valence electrons. The quantitative estimate of drug-likeness (QED) is 0.741. The standard InChI is InChI=1S/C15H25N3O/c1-15(2,3)10-14(19)18-9-5-8-17-12-13-6-4-7-16-11-13/h4,6-7,11,17H,5,8-10,12H2,1-3H3,(H,18,19). The molecule has 0 spiro atoms. The summed E-state index contributed by atoms with van der Waals surface area (Å²) in [4.78, 5) is 15.6. The Morgan fingerprint density at radius 3 is 2.74 bits per heavy atom. The highest BCUT2D eigenvalue weighted by molar-refractivity contribution is 5.76. The minimum Gasteiger partial charge on any atom is -0.356 e. The van der Waals surface area contributed by atoms with Gasteiger partial charge in [-0.25, -0.2) is 0 Å². The van der Waals surface area contributed by atoms with E-state index in [2.05, 4.69) is 36.4 Å². The van der Waals surface area contributed by atoms with Crippen LogP contribution in [0.25, 0.3) is 0 Å². The van der Waals surface area contributed by atoms with E-state index in [0.717, 1.165) is 26.1 Å². The number of aromatic nitrogens is 1. The van der Waals surface area contributed by atoms with E-state index >= 15 is 0 Å². The van der Waals surface area contributed by atoms with Crippen molar-refractivity contribution in [3.63, 3.8) is 0 Å². The summed E-state index contributed by atoms with van der Waals surface area (Å²) in [5, 5.41) is 6.28. The van der Waals surface area contributed by atoms with E-state index in [4.69, 9.17) is 0 Å². The average molecular weight is 263 g/mol. The fraction of sp³-hybridized carbons (Fsp3) is 0.600. The Kier molecular flexibility index (Phi) is 6.50. The van der Waals surface area contributed by atoms with Crippen LogP contribution in [0.1, 0.15) is 39.2 Å². The fourth-order valence-corrected chi connectivity index (χ4v) is 1.72. The van der Waals surface area contributed by atoms with Gasteiger partial charge < -0.3 is 10.6 Å². The molecule has 1 aromatic heterocycles. The van der Waals surface area contributed by atoms with Crippen molar-refractivity contribution in [2.45, 2.75) is 40.2 Å². The zero-order valence-corrected chi connectivity index (χ0v) is 12.2. The maximum atomic E-state index is 11.6. The lowest BCUT2D eigenvalue weighted by Crippen LogP contribution is -2.30. The largest absolute Gasteiger partial charge is 0.356 e. The summed E-state index contributed by atoms with van der Waals surface area (Å²) in [5.74, 6) is 0.139. The molecule has 19 heavy (non-hydrogen) atoms. The van der Waals surface area contributed by atoms with Crippen LogP contribution < -0.4 is 10.6 Å². The van der Waals surface area contributed by atoms with Gasteiger partial charge in [0.25, 0.3) is 0 Å². The van der Waals surface area contributed by atoms with Gasteiger partial charge in [-0.1, -0.05) is 26.8 Å². The Morgan fingerprint density at radius 1 is 1.32 bits per heavy atom. The molecule has 0 bridgehead atoms. The predicted octanol–water partition coefficient (Wildman–Crippen LogP) is 2.11. The van der Waals surface area contributed by atoms with E-state index in [1.165, 1.54) is 5.56 Å². The lowest BCUT2D eigenvalue weighted by atomic mass is 9.92. The Labute approximate surface area is 116 Å². The summed E-state index contributed by atoms with van der Waals surface area (Å²) < 4.78 is 0. The maximum absolute atomic E-state index is 11.6. The molecule has 4 heteroatoms. The van der Waals surface area contributed by atoms with Crippen LogP contribution in [0.2, 0.25) is 0 Å². The van der Waals surface area contributed by atoms with Crippen LogP contribution in [0.15, 0.2) is 24.5 Å². The fourth-order valence-electron chi connectivity index (χ4n) is 1.72. The van der Waals surface area contributed by atoms with Crippen molar-refractivity contribution >= 4 is 5.91 Å². The SMILES string of the molecule is CC(C)(C)CC(=O)NCCCNCc1cccnc1. The van der Waals surface area contributed by atoms with Crippen LogP contribution in [-0.4, -0.2) is 24.0 Å². The number of hydrogen-bond donors (Lipinski definition) is 2. The van der Waals surface area contributed by atoms with Crippen LogP contribution in [0.5, 0.6) is 0 Å². The first-order valence-corrected chi connectivity index (χ1v) is 6.84. The van der Waals surface area contributed by atoms with Gasteiger partial charge in [0, 0.05) is 31.9 Å². The Hall–Kier alpha value is -1.42. The van der Waals surface area contributed by atoms with E-state index in [1.807, 2.05) is 18.3 Å². The number of amides is 1. The summed E-state index contributed by atoms with van der Waals surface area (Å²) in [7, 11) is 0. The van der Waals surface area contributed by atoms with Crippen molar-refractivity contribution < 1.29 is 4.79 Å². The molecule has 1 rings (SSSR count). The number of carbonyl (C=O) groups excluding carboxylic acids is 1. The van der Waals surface area contributed by atoms with Crippen LogP contribution in [0.4, 0.5) is 0 Å². The second kappa shape index (κ2) is 7.89. The first-order valence-electron chi connectivity index (χ1n) is 6.84. The Morgan fingerprint density at radius 2 is 2.11 bits per heavy atom. The van der Waals surface area contributed by atoms with Crippen molar-refractivity contribution in [3.8, 4) is 0 Å². The van der Waals surface area contributed by atoms with Gasteiger partial charge in [-0.3, -0.25) is 9.78 Å². The number of rotatable bonds is 7. The lowest BCUT2D eigenvalue weighted by molar-refractivity contribution is -0.122. The molecule has 0 aliphatic heterocycles. The van der Waals surface area contributed by atoms with Crippen molar-refractivity contribution in [2.24, 2.45) is 5.41 Å². The second-order valence-electron chi connectivity index (χ2n) is 5.98. The molecule has 1 amide bonds. The van der Waals surface area contributed by atoms with Crippen molar-refractivity contribution in [2.75, 3.05) is 13.1 Å². The molecule has 0 atom stereocenters. The highest BCUT2D eigenvalue weighted by atomic mass is 16.1. The van der Waals surface area contributed by atoms with Gasteiger partial charge in [0.15, 0.2) is 0 Å². The molecule has 4 nitrogen and oxygen atoms in total. The topological polar surface area (TPSA) is 54.0 Å². The van der Waals surface area contributed by atoms with Gasteiger partial charge in [-0.2, -0.15) is 0 Å². The lowest BCUT2D eigenvalue weighted by Gasteiger charge is -2.17. The smallest absolute Gasteiger partial charge is 0.220 e. The normalized spacial score (nSPS) is 11.3. The molecule has 0 unspecified atom stereocenters. The minimum absolute atomic E-state index is 0.0582. The molecule has 0 aromatic carbocycles. The molecular formula is C15H25N3O. The molecule has 1 aromatic rings. The van der Waals surface area contributed by atoms with Gasteiger partial charge in [0.05, 0.1) is 0 Å². The van der Waals surface area contributed by atoms with Crippen LogP contribution >= 0.6 is 0 Å². The highest BCUT2D eigenvalue weighted by Crippen LogP contribution is 2.17. The summed E-state index contributed by atoms with van der Waals surface area (Å²) in [6.45, 7) is 8.66. The van der Waals surface area contributed by atoms with Gasteiger partial charge in [0.1, 0.15) is 0 Å². The molecule has 0 aliphatic carbocycles. The zero-order valence-electron chi connectivity index (χ0n) is 12.2. The summed E-state index contributed by atoms with van der Waals surface area (Å²) in [6.07, 6.45) is 5.15. The monoisotopic (exact) mass is 263 g/mol. The predicted molar refractivity (Wildman–Crippen MR) is 77.6 cm³/mol. The van der Waals surface area contributed by atoms with E-state index in [9.17, 15) is 4.79 Å². The molecule has 0 aliphatic rings. The number of nitrogens with one attached hydrogen (secondary N) is 2. The Balaban J connectivity index is 2.01. The molecule has 0 fully saturated rings. The van der Waals surface area contributed by atoms with Crippen LogP contribution in [0.3, 0.4) is 0 Å². The van der Waals surface area contributed by atoms with Gasteiger partial charge >= 0.3 is 0 Å². The molecular weight excluding hydrogens is 238 g/mol. The van der Waals surface area contributed by atoms with E-state index < -0.39 is 0 Å². The van der Waals surface area contributed by atoms with Gasteiger partial charge in [-0.05, 0) is 30.0 Å². The Bertz CT molecular complexity index is 371. The highest BCUT2D eigenvalue weighted by Gasteiger charge is 2.14. The second-order valence-corrected chi connectivity index (χ2v) is 5.98. The average Bonchev–Trinajstić information content (AvgIpc) is 2.32.